The third-order valence-corrected chi connectivity index (χ3v) is 6.05. The van der Waals surface area contributed by atoms with Crippen LogP contribution in [0.5, 0.6) is 5.75 Å². The Balaban J connectivity index is 1.39. The molecule has 5 rings (SSSR count). The van der Waals surface area contributed by atoms with Gasteiger partial charge in [0.05, 0.1) is 11.2 Å². The molecule has 0 atom stereocenters. The lowest BCUT2D eigenvalue weighted by Gasteiger charge is -2.12. The lowest BCUT2D eigenvalue weighted by atomic mass is 9.98. The molecule has 0 fully saturated rings. The lowest BCUT2D eigenvalue weighted by Crippen LogP contribution is -2.11. The second-order valence-corrected chi connectivity index (χ2v) is 8.46. The maximum atomic E-state index is 11.1. The number of benzene rings is 3. The van der Waals surface area contributed by atoms with Crippen LogP contribution in [0.25, 0.3) is 33.3 Å². The number of imidazole rings is 1. The van der Waals surface area contributed by atoms with Crippen molar-refractivity contribution < 1.29 is 9.66 Å². The van der Waals surface area contributed by atoms with Crippen LogP contribution < -0.4 is 4.74 Å². The molecule has 0 aliphatic carbocycles. The molecule has 2 heterocycles. The van der Waals surface area contributed by atoms with Crippen LogP contribution in [-0.2, 0) is 6.54 Å². The van der Waals surface area contributed by atoms with Crippen LogP contribution >= 0.6 is 11.6 Å². The van der Waals surface area contributed by atoms with Gasteiger partial charge < -0.3 is 14.9 Å². The minimum Gasteiger partial charge on any atom is -0.489 e. The maximum absolute atomic E-state index is 11.1. The molecule has 3 aromatic carbocycles. The van der Waals surface area contributed by atoms with E-state index in [1.807, 2.05) is 60.7 Å². The standard InChI is InChI=1S/C27H21ClN4O3/c1-18-29-17-27(32(33)34)31(18)13-14-35-22-10-7-20(8-11-22)26-16-23(19-5-3-2-4-6-19)24-15-21(28)9-12-25(24)30-26/h2-12,15-17H,13-14H2,1H3. The zero-order valence-corrected chi connectivity index (χ0v) is 19.6. The molecule has 0 saturated carbocycles. The highest BCUT2D eigenvalue weighted by Crippen LogP contribution is 2.34. The number of nitro groups is 1. The largest absolute Gasteiger partial charge is 0.489 e. The molecule has 0 amide bonds. The molecule has 0 aliphatic rings. The molecule has 0 aliphatic heterocycles. The smallest absolute Gasteiger partial charge is 0.342 e. The molecule has 8 heteroatoms. The lowest BCUT2D eigenvalue weighted by molar-refractivity contribution is -0.392. The predicted octanol–water partition coefficient (Wildman–Crippen LogP) is 6.71. The molecule has 2 aromatic heterocycles. The summed E-state index contributed by atoms with van der Waals surface area (Å²) in [5.74, 6) is 1.21. The number of hydrogen-bond acceptors (Lipinski definition) is 5. The first-order chi connectivity index (χ1) is 17.0. The van der Waals surface area contributed by atoms with Gasteiger partial charge in [-0.15, -0.1) is 0 Å². The Morgan fingerprint density at radius 3 is 2.51 bits per heavy atom. The van der Waals surface area contributed by atoms with Gasteiger partial charge in [-0.3, -0.25) is 0 Å². The van der Waals surface area contributed by atoms with Crippen molar-refractivity contribution >= 4 is 28.3 Å². The van der Waals surface area contributed by atoms with E-state index in [1.54, 1.807) is 6.92 Å². The van der Waals surface area contributed by atoms with Crippen molar-refractivity contribution in [3.63, 3.8) is 0 Å². The first-order valence-corrected chi connectivity index (χ1v) is 11.4. The van der Waals surface area contributed by atoms with Crippen LogP contribution in [0.15, 0.2) is 85.1 Å². The van der Waals surface area contributed by atoms with E-state index in [-0.39, 0.29) is 12.4 Å². The minimum absolute atomic E-state index is 0.0423. The average molecular weight is 485 g/mol. The number of aryl methyl sites for hydroxylation is 1. The second kappa shape index (κ2) is 9.56. The SMILES string of the molecule is Cc1ncc([N+](=O)[O-])n1CCOc1ccc(-c2cc(-c3ccccc3)c3cc(Cl)ccc3n2)cc1. The highest BCUT2D eigenvalue weighted by atomic mass is 35.5. The Kier molecular flexibility index (Phi) is 6.16. The number of halogens is 1. The van der Waals surface area contributed by atoms with Gasteiger partial charge in [-0.05, 0) is 64.6 Å². The van der Waals surface area contributed by atoms with E-state index in [9.17, 15) is 10.1 Å². The molecule has 0 N–H and O–H groups in total. The molecule has 0 radical (unpaired) electrons. The molecular formula is C27H21ClN4O3. The van der Waals surface area contributed by atoms with E-state index in [0.717, 1.165) is 33.3 Å². The van der Waals surface area contributed by atoms with E-state index in [1.165, 1.54) is 10.8 Å². The molecule has 174 valence electrons. The number of ether oxygens (including phenoxy) is 1. The fraction of sp³-hybridized carbons (Fsp3) is 0.111. The van der Waals surface area contributed by atoms with Crippen molar-refractivity contribution in [2.75, 3.05) is 6.61 Å². The number of aromatic nitrogens is 3. The fourth-order valence-electron chi connectivity index (χ4n) is 4.06. The first-order valence-electron chi connectivity index (χ1n) is 11.0. The molecule has 0 spiro atoms. The molecule has 0 bridgehead atoms. The van der Waals surface area contributed by atoms with Crippen LogP contribution in [0.4, 0.5) is 5.82 Å². The zero-order valence-electron chi connectivity index (χ0n) is 18.9. The summed E-state index contributed by atoms with van der Waals surface area (Å²) in [6.45, 7) is 2.35. The highest BCUT2D eigenvalue weighted by molar-refractivity contribution is 6.31. The van der Waals surface area contributed by atoms with Gasteiger partial charge in [0.25, 0.3) is 0 Å². The zero-order chi connectivity index (χ0) is 24.4. The van der Waals surface area contributed by atoms with Crippen LogP contribution in [0.3, 0.4) is 0 Å². The van der Waals surface area contributed by atoms with Crippen LogP contribution in [0.1, 0.15) is 5.82 Å². The van der Waals surface area contributed by atoms with Crippen molar-refractivity contribution in [1.29, 1.82) is 0 Å². The van der Waals surface area contributed by atoms with Crippen molar-refractivity contribution in [2.24, 2.45) is 0 Å². The highest BCUT2D eigenvalue weighted by Gasteiger charge is 2.17. The Hall–Kier alpha value is -4.23. The number of pyridine rings is 1. The van der Waals surface area contributed by atoms with Crippen LogP contribution in [0, 0.1) is 17.0 Å². The third-order valence-electron chi connectivity index (χ3n) is 5.81. The first kappa shape index (κ1) is 22.6. The van der Waals surface area contributed by atoms with E-state index >= 15 is 0 Å². The Bertz CT molecular complexity index is 1520. The summed E-state index contributed by atoms with van der Waals surface area (Å²) < 4.78 is 7.36. The number of hydrogen-bond donors (Lipinski definition) is 0. The Morgan fingerprint density at radius 2 is 1.77 bits per heavy atom. The summed E-state index contributed by atoms with van der Waals surface area (Å²) in [4.78, 5) is 19.6. The summed E-state index contributed by atoms with van der Waals surface area (Å²) >= 11 is 6.28. The van der Waals surface area contributed by atoms with Crippen LogP contribution in [0.2, 0.25) is 5.02 Å². The molecular weight excluding hydrogens is 464 g/mol. The molecule has 0 saturated heterocycles. The number of rotatable bonds is 7. The van der Waals surface area contributed by atoms with Gasteiger partial charge in [0.2, 0.25) is 0 Å². The topological polar surface area (TPSA) is 83.1 Å². The Morgan fingerprint density at radius 1 is 1.00 bits per heavy atom. The number of nitrogens with zero attached hydrogens (tertiary/aromatic N) is 4. The quantitative estimate of drug-likeness (QED) is 0.189. The average Bonchev–Trinajstić information content (AvgIpc) is 3.25. The van der Waals surface area contributed by atoms with Gasteiger partial charge in [-0.25, -0.2) is 14.5 Å². The van der Waals surface area contributed by atoms with Gasteiger partial charge in [0.15, 0.2) is 5.82 Å². The van der Waals surface area contributed by atoms with E-state index in [0.29, 0.717) is 23.1 Å². The van der Waals surface area contributed by atoms with Crippen molar-refractivity contribution in [1.82, 2.24) is 14.5 Å². The van der Waals surface area contributed by atoms with E-state index in [2.05, 4.69) is 23.2 Å². The maximum Gasteiger partial charge on any atom is 0.342 e. The summed E-state index contributed by atoms with van der Waals surface area (Å²) in [5.41, 5.74) is 4.81. The van der Waals surface area contributed by atoms with Crippen molar-refractivity contribution in [2.45, 2.75) is 13.5 Å². The molecule has 0 unspecified atom stereocenters. The molecule has 5 aromatic rings. The Labute approximate surface area is 206 Å². The summed E-state index contributed by atoms with van der Waals surface area (Å²) in [6.07, 6.45) is 1.26. The van der Waals surface area contributed by atoms with Crippen molar-refractivity contribution in [3.8, 4) is 28.1 Å². The fourth-order valence-corrected chi connectivity index (χ4v) is 4.23. The third kappa shape index (κ3) is 4.72. The second-order valence-electron chi connectivity index (χ2n) is 8.03. The monoisotopic (exact) mass is 484 g/mol. The van der Waals surface area contributed by atoms with Gasteiger partial charge >= 0.3 is 5.82 Å². The van der Waals surface area contributed by atoms with Crippen molar-refractivity contribution in [3.05, 3.63) is 106 Å². The summed E-state index contributed by atoms with van der Waals surface area (Å²) in [7, 11) is 0. The normalized spacial score (nSPS) is 11.0. The van der Waals surface area contributed by atoms with Crippen LogP contribution in [-0.4, -0.2) is 26.1 Å². The summed E-state index contributed by atoms with van der Waals surface area (Å²) in [5, 5.41) is 12.8. The van der Waals surface area contributed by atoms with Gasteiger partial charge in [0.1, 0.15) is 25.1 Å². The minimum atomic E-state index is -0.441. The van der Waals surface area contributed by atoms with Gasteiger partial charge in [-0.2, -0.15) is 0 Å². The summed E-state index contributed by atoms with van der Waals surface area (Å²) in [6, 6.07) is 25.6. The van der Waals surface area contributed by atoms with E-state index < -0.39 is 4.92 Å². The molecule has 35 heavy (non-hydrogen) atoms. The van der Waals surface area contributed by atoms with E-state index in [4.69, 9.17) is 21.3 Å². The van der Waals surface area contributed by atoms with Gasteiger partial charge in [0, 0.05) is 22.9 Å². The van der Waals surface area contributed by atoms with Gasteiger partial charge in [-0.1, -0.05) is 41.9 Å². The predicted molar refractivity (Wildman–Crippen MR) is 137 cm³/mol. The number of fused-ring (bicyclic) bond motifs is 1. The molecule has 7 nitrogen and oxygen atoms in total.